The fourth-order valence-corrected chi connectivity index (χ4v) is 2.46. The van der Waals surface area contributed by atoms with Crippen molar-refractivity contribution < 1.29 is 9.18 Å². The minimum absolute atomic E-state index is 0.0372. The number of benzene rings is 1. The Morgan fingerprint density at radius 2 is 2.29 bits per heavy atom. The van der Waals surface area contributed by atoms with Crippen molar-refractivity contribution in [3.63, 3.8) is 0 Å². The van der Waals surface area contributed by atoms with E-state index in [1.54, 1.807) is 4.57 Å². The van der Waals surface area contributed by atoms with E-state index in [1.165, 1.54) is 12.1 Å². The number of anilines is 1. The molecule has 0 radical (unpaired) electrons. The van der Waals surface area contributed by atoms with E-state index in [1.807, 2.05) is 0 Å². The highest BCUT2D eigenvalue weighted by atomic mass is 35.5. The topological polar surface area (TPSA) is 72.9 Å². The SMILES string of the molecule is Nc1nc2cc(F)c(Cl)cc2n1CCCC(=O)NC1CC1. The Hall–Kier alpha value is -1.82. The first-order chi connectivity index (χ1) is 10.0. The average molecular weight is 311 g/mol. The Morgan fingerprint density at radius 3 is 3.00 bits per heavy atom. The number of rotatable bonds is 5. The van der Waals surface area contributed by atoms with Crippen molar-refractivity contribution in [3.8, 4) is 0 Å². The minimum Gasteiger partial charge on any atom is -0.369 e. The predicted molar refractivity (Wildman–Crippen MR) is 79.5 cm³/mol. The normalized spacial score (nSPS) is 14.6. The summed E-state index contributed by atoms with van der Waals surface area (Å²) in [5.74, 6) is -0.156. The summed E-state index contributed by atoms with van der Waals surface area (Å²) in [5, 5.41) is 2.97. The number of aryl methyl sites for hydroxylation is 1. The van der Waals surface area contributed by atoms with Crippen LogP contribution in [-0.4, -0.2) is 21.5 Å². The maximum Gasteiger partial charge on any atom is 0.220 e. The van der Waals surface area contributed by atoms with Gasteiger partial charge in [0.05, 0.1) is 16.1 Å². The lowest BCUT2D eigenvalue weighted by molar-refractivity contribution is -0.121. The number of amides is 1. The second-order valence-corrected chi connectivity index (χ2v) is 5.73. The Morgan fingerprint density at radius 1 is 1.52 bits per heavy atom. The maximum absolute atomic E-state index is 13.4. The van der Waals surface area contributed by atoms with Crippen molar-refractivity contribution in [2.45, 2.75) is 38.3 Å². The molecule has 0 saturated heterocycles. The van der Waals surface area contributed by atoms with E-state index >= 15 is 0 Å². The zero-order valence-corrected chi connectivity index (χ0v) is 12.2. The predicted octanol–water partition coefficient (Wildman–Crippen LogP) is 2.47. The number of aromatic nitrogens is 2. The van der Waals surface area contributed by atoms with E-state index in [-0.39, 0.29) is 10.9 Å². The summed E-state index contributed by atoms with van der Waals surface area (Å²) in [7, 11) is 0. The van der Waals surface area contributed by atoms with Gasteiger partial charge in [0.2, 0.25) is 11.9 Å². The fourth-order valence-electron chi connectivity index (χ4n) is 2.30. The molecule has 0 spiro atoms. The number of halogens is 2. The van der Waals surface area contributed by atoms with Gasteiger partial charge in [-0.1, -0.05) is 11.6 Å². The summed E-state index contributed by atoms with van der Waals surface area (Å²) in [4.78, 5) is 15.7. The molecule has 1 aliphatic rings. The molecule has 1 aliphatic carbocycles. The number of carbonyl (C=O) groups excluding carboxylic acids is 1. The van der Waals surface area contributed by atoms with Crippen molar-refractivity contribution in [2.75, 3.05) is 5.73 Å². The molecule has 1 heterocycles. The summed E-state index contributed by atoms with van der Waals surface area (Å²) in [6.45, 7) is 0.544. The van der Waals surface area contributed by atoms with Gasteiger partial charge < -0.3 is 15.6 Å². The molecule has 0 unspecified atom stereocenters. The van der Waals surface area contributed by atoms with Crippen LogP contribution in [0.2, 0.25) is 5.02 Å². The van der Waals surface area contributed by atoms with E-state index < -0.39 is 5.82 Å². The van der Waals surface area contributed by atoms with Gasteiger partial charge in [-0.2, -0.15) is 0 Å². The van der Waals surface area contributed by atoms with Crippen LogP contribution in [0, 0.1) is 5.82 Å². The van der Waals surface area contributed by atoms with Gasteiger partial charge in [-0.15, -0.1) is 0 Å². The molecule has 0 aliphatic heterocycles. The molecule has 3 rings (SSSR count). The average Bonchev–Trinajstić information content (AvgIpc) is 3.18. The molecule has 3 N–H and O–H groups in total. The molecule has 1 aromatic carbocycles. The number of hydrogen-bond donors (Lipinski definition) is 2. The van der Waals surface area contributed by atoms with E-state index in [0.717, 1.165) is 12.8 Å². The lowest BCUT2D eigenvalue weighted by atomic mass is 10.2. The smallest absolute Gasteiger partial charge is 0.220 e. The molecular weight excluding hydrogens is 295 g/mol. The second kappa shape index (κ2) is 5.52. The summed E-state index contributed by atoms with van der Waals surface area (Å²) in [6.07, 6.45) is 3.23. The fraction of sp³-hybridized carbons (Fsp3) is 0.429. The van der Waals surface area contributed by atoms with Crippen LogP contribution in [0.15, 0.2) is 12.1 Å². The van der Waals surface area contributed by atoms with E-state index in [2.05, 4.69) is 10.3 Å². The van der Waals surface area contributed by atoms with Crippen LogP contribution in [0.25, 0.3) is 11.0 Å². The highest BCUT2D eigenvalue weighted by Gasteiger charge is 2.22. The van der Waals surface area contributed by atoms with Crippen LogP contribution in [0.1, 0.15) is 25.7 Å². The van der Waals surface area contributed by atoms with Gasteiger partial charge in [-0.05, 0) is 25.3 Å². The standard InChI is InChI=1S/C14H16ClFN4O/c15-9-6-12-11(7-10(9)16)19-14(17)20(12)5-1-2-13(21)18-8-3-4-8/h6-8H,1-5H2,(H2,17,19)(H,18,21). The van der Waals surface area contributed by atoms with Crippen molar-refractivity contribution >= 4 is 34.5 Å². The third kappa shape index (κ3) is 3.10. The van der Waals surface area contributed by atoms with Gasteiger partial charge in [-0.25, -0.2) is 9.37 Å². The van der Waals surface area contributed by atoms with E-state index in [0.29, 0.717) is 42.4 Å². The number of nitrogen functional groups attached to an aromatic ring is 1. The van der Waals surface area contributed by atoms with Gasteiger partial charge in [0.1, 0.15) is 5.82 Å². The van der Waals surface area contributed by atoms with Crippen molar-refractivity contribution in [2.24, 2.45) is 0 Å². The monoisotopic (exact) mass is 310 g/mol. The van der Waals surface area contributed by atoms with Crippen LogP contribution in [-0.2, 0) is 11.3 Å². The largest absolute Gasteiger partial charge is 0.369 e. The van der Waals surface area contributed by atoms with Gasteiger partial charge in [-0.3, -0.25) is 4.79 Å². The molecule has 2 aromatic rings. The molecule has 1 saturated carbocycles. The van der Waals surface area contributed by atoms with Crippen LogP contribution >= 0.6 is 11.6 Å². The van der Waals surface area contributed by atoms with Crippen LogP contribution in [0.5, 0.6) is 0 Å². The third-order valence-electron chi connectivity index (χ3n) is 3.55. The highest BCUT2D eigenvalue weighted by Crippen LogP contribution is 2.25. The van der Waals surface area contributed by atoms with Gasteiger partial charge in [0, 0.05) is 25.1 Å². The number of carbonyl (C=O) groups is 1. The Balaban J connectivity index is 1.69. The minimum atomic E-state index is -0.516. The molecule has 1 aromatic heterocycles. The molecule has 0 bridgehead atoms. The lowest BCUT2D eigenvalue weighted by Crippen LogP contribution is -2.25. The van der Waals surface area contributed by atoms with Crippen molar-refractivity contribution in [3.05, 3.63) is 23.0 Å². The number of nitrogens with two attached hydrogens (primary N) is 1. The summed E-state index contributed by atoms with van der Waals surface area (Å²) >= 11 is 5.80. The summed E-state index contributed by atoms with van der Waals surface area (Å²) in [6, 6.07) is 3.16. The Kier molecular flexibility index (Phi) is 3.71. The third-order valence-corrected chi connectivity index (χ3v) is 3.84. The molecule has 21 heavy (non-hydrogen) atoms. The van der Waals surface area contributed by atoms with Crippen molar-refractivity contribution in [1.29, 1.82) is 0 Å². The molecule has 1 fully saturated rings. The van der Waals surface area contributed by atoms with Crippen LogP contribution in [0.3, 0.4) is 0 Å². The highest BCUT2D eigenvalue weighted by molar-refractivity contribution is 6.31. The lowest BCUT2D eigenvalue weighted by Gasteiger charge is -2.07. The first-order valence-corrected chi connectivity index (χ1v) is 7.32. The first-order valence-electron chi connectivity index (χ1n) is 6.94. The zero-order chi connectivity index (χ0) is 15.0. The zero-order valence-electron chi connectivity index (χ0n) is 11.4. The summed E-state index contributed by atoms with van der Waals surface area (Å²) in [5.41, 5.74) is 7.00. The number of nitrogens with zero attached hydrogens (tertiary/aromatic N) is 2. The number of nitrogens with one attached hydrogen (secondary N) is 1. The molecule has 1 amide bonds. The second-order valence-electron chi connectivity index (χ2n) is 5.32. The van der Waals surface area contributed by atoms with Crippen molar-refractivity contribution in [1.82, 2.24) is 14.9 Å². The molecular formula is C14H16ClFN4O. The summed E-state index contributed by atoms with van der Waals surface area (Å²) < 4.78 is 15.2. The van der Waals surface area contributed by atoms with E-state index in [4.69, 9.17) is 17.3 Å². The molecule has 112 valence electrons. The van der Waals surface area contributed by atoms with Gasteiger partial charge >= 0.3 is 0 Å². The molecule has 5 nitrogen and oxygen atoms in total. The van der Waals surface area contributed by atoms with Crippen LogP contribution < -0.4 is 11.1 Å². The number of fused-ring (bicyclic) bond motifs is 1. The first kappa shape index (κ1) is 14.1. The van der Waals surface area contributed by atoms with E-state index in [9.17, 15) is 9.18 Å². The Labute approximate surface area is 126 Å². The van der Waals surface area contributed by atoms with Gasteiger partial charge in [0.15, 0.2) is 0 Å². The van der Waals surface area contributed by atoms with Gasteiger partial charge in [0.25, 0.3) is 0 Å². The molecule has 7 heteroatoms. The quantitative estimate of drug-likeness (QED) is 0.891. The van der Waals surface area contributed by atoms with Crippen LogP contribution in [0.4, 0.5) is 10.3 Å². The number of hydrogen-bond acceptors (Lipinski definition) is 3. The number of imidazole rings is 1. The molecule has 0 atom stereocenters. The maximum atomic E-state index is 13.4. The Bertz CT molecular complexity index is 696.